The molecule has 0 saturated carbocycles. The van der Waals surface area contributed by atoms with E-state index in [1.54, 1.807) is 6.92 Å². The summed E-state index contributed by atoms with van der Waals surface area (Å²) >= 11 is 0. The smallest absolute Gasteiger partial charge is 0.243 e. The van der Waals surface area contributed by atoms with E-state index in [0.29, 0.717) is 6.54 Å². The quantitative estimate of drug-likeness (QED) is 0.796. The van der Waals surface area contributed by atoms with E-state index in [0.717, 1.165) is 12.1 Å². The Morgan fingerprint density at radius 2 is 2.00 bits per heavy atom. The first-order valence-electron chi connectivity index (χ1n) is 4.98. The van der Waals surface area contributed by atoms with Crippen LogP contribution in [0, 0.1) is 5.82 Å². The van der Waals surface area contributed by atoms with Gasteiger partial charge in [-0.1, -0.05) is 12.1 Å². The maximum atomic E-state index is 13.2. The predicted molar refractivity (Wildman–Crippen MR) is 60.3 cm³/mol. The molecule has 7 heteroatoms. The van der Waals surface area contributed by atoms with E-state index in [2.05, 4.69) is 5.32 Å². The average molecular weight is 260 g/mol. The summed E-state index contributed by atoms with van der Waals surface area (Å²) in [5, 5.41) is 2.42. The lowest BCUT2D eigenvalue weighted by molar-refractivity contribution is -0.119. The molecule has 1 rings (SSSR count). The van der Waals surface area contributed by atoms with Crippen LogP contribution in [0.4, 0.5) is 4.39 Å². The molecule has 0 bridgehead atoms. The van der Waals surface area contributed by atoms with Gasteiger partial charge in [-0.3, -0.25) is 4.79 Å². The van der Waals surface area contributed by atoms with E-state index in [4.69, 9.17) is 0 Å². The molecule has 0 radical (unpaired) electrons. The molecular formula is C10H13FN2O3S. The number of halogens is 1. The average Bonchev–Trinajstić information content (AvgIpc) is 2.27. The molecule has 0 saturated heterocycles. The van der Waals surface area contributed by atoms with Crippen LogP contribution < -0.4 is 10.0 Å². The van der Waals surface area contributed by atoms with Crippen molar-refractivity contribution in [1.29, 1.82) is 0 Å². The first-order valence-corrected chi connectivity index (χ1v) is 6.46. The highest BCUT2D eigenvalue weighted by atomic mass is 32.2. The van der Waals surface area contributed by atoms with Gasteiger partial charge in [0, 0.05) is 6.54 Å². The second-order valence-corrected chi connectivity index (χ2v) is 4.94. The Hall–Kier alpha value is -1.47. The molecule has 94 valence electrons. The lowest BCUT2D eigenvalue weighted by Crippen LogP contribution is -2.37. The fourth-order valence-corrected chi connectivity index (χ4v) is 2.22. The van der Waals surface area contributed by atoms with Crippen LogP contribution in [0.3, 0.4) is 0 Å². The van der Waals surface area contributed by atoms with Gasteiger partial charge >= 0.3 is 0 Å². The van der Waals surface area contributed by atoms with Crippen LogP contribution in [0.25, 0.3) is 0 Å². The van der Waals surface area contributed by atoms with Crippen molar-refractivity contribution < 1.29 is 17.6 Å². The number of carbonyl (C=O) groups is 1. The largest absolute Gasteiger partial charge is 0.355 e. The van der Waals surface area contributed by atoms with Crippen LogP contribution in [-0.4, -0.2) is 27.4 Å². The zero-order valence-electron chi connectivity index (χ0n) is 9.23. The lowest BCUT2D eigenvalue weighted by Gasteiger charge is -2.07. The van der Waals surface area contributed by atoms with Crippen molar-refractivity contribution in [1.82, 2.24) is 10.0 Å². The molecule has 0 spiro atoms. The van der Waals surface area contributed by atoms with Crippen molar-refractivity contribution in [2.75, 3.05) is 13.1 Å². The Kier molecular flexibility index (Phi) is 4.59. The Morgan fingerprint density at radius 1 is 1.35 bits per heavy atom. The molecule has 5 nitrogen and oxygen atoms in total. The monoisotopic (exact) mass is 260 g/mol. The summed E-state index contributed by atoms with van der Waals surface area (Å²) in [6.45, 7) is 1.70. The number of benzene rings is 1. The second-order valence-electron chi connectivity index (χ2n) is 3.21. The molecule has 0 aliphatic rings. The summed E-state index contributed by atoms with van der Waals surface area (Å²) < 4.78 is 38.5. The van der Waals surface area contributed by atoms with Gasteiger partial charge in [0.15, 0.2) is 0 Å². The topological polar surface area (TPSA) is 75.3 Å². The number of hydrogen-bond acceptors (Lipinski definition) is 3. The van der Waals surface area contributed by atoms with Gasteiger partial charge in [0.2, 0.25) is 15.9 Å². The summed E-state index contributed by atoms with van der Waals surface area (Å²) in [6, 6.07) is 4.97. The fraction of sp³-hybridized carbons (Fsp3) is 0.300. The molecule has 1 aromatic carbocycles. The zero-order chi connectivity index (χ0) is 12.9. The van der Waals surface area contributed by atoms with Gasteiger partial charge in [-0.2, -0.15) is 0 Å². The number of hydrogen-bond donors (Lipinski definition) is 2. The van der Waals surface area contributed by atoms with Crippen LogP contribution in [0.5, 0.6) is 0 Å². The van der Waals surface area contributed by atoms with Crippen LogP contribution in [0.2, 0.25) is 0 Å². The molecule has 17 heavy (non-hydrogen) atoms. The van der Waals surface area contributed by atoms with Gasteiger partial charge in [-0.25, -0.2) is 17.5 Å². The fourth-order valence-electron chi connectivity index (χ4n) is 1.16. The van der Waals surface area contributed by atoms with E-state index in [1.807, 2.05) is 4.72 Å². The third-order valence-corrected chi connectivity index (χ3v) is 3.36. The number of likely N-dealkylation sites (N-methyl/N-ethyl adjacent to an activating group) is 1. The van der Waals surface area contributed by atoms with E-state index < -0.39 is 33.2 Å². The second kappa shape index (κ2) is 5.74. The highest BCUT2D eigenvalue weighted by Gasteiger charge is 2.18. The third-order valence-electron chi connectivity index (χ3n) is 1.92. The van der Waals surface area contributed by atoms with Crippen molar-refractivity contribution in [3.8, 4) is 0 Å². The van der Waals surface area contributed by atoms with Gasteiger partial charge in [-0.15, -0.1) is 0 Å². The van der Waals surface area contributed by atoms with Gasteiger partial charge in [0.05, 0.1) is 6.54 Å². The number of nitrogens with one attached hydrogen (secondary N) is 2. The third kappa shape index (κ3) is 3.79. The minimum absolute atomic E-state index is 0.403. The van der Waals surface area contributed by atoms with Crippen LogP contribution >= 0.6 is 0 Å². The van der Waals surface area contributed by atoms with Gasteiger partial charge in [-0.05, 0) is 19.1 Å². The summed E-state index contributed by atoms with van der Waals surface area (Å²) in [5.74, 6) is -1.32. The van der Waals surface area contributed by atoms with E-state index in [9.17, 15) is 17.6 Å². The number of sulfonamides is 1. The van der Waals surface area contributed by atoms with E-state index >= 15 is 0 Å². The van der Waals surface area contributed by atoms with Crippen molar-refractivity contribution in [3.05, 3.63) is 30.1 Å². The molecule has 2 N–H and O–H groups in total. The minimum atomic E-state index is -3.99. The van der Waals surface area contributed by atoms with Crippen molar-refractivity contribution >= 4 is 15.9 Å². The lowest BCUT2D eigenvalue weighted by atomic mass is 10.4. The molecule has 0 aromatic heterocycles. The molecule has 0 unspecified atom stereocenters. The molecular weight excluding hydrogens is 247 g/mol. The van der Waals surface area contributed by atoms with Crippen molar-refractivity contribution in [2.24, 2.45) is 0 Å². The Morgan fingerprint density at radius 3 is 2.59 bits per heavy atom. The predicted octanol–water partition coefficient (Wildman–Crippen LogP) is 0.240. The SMILES string of the molecule is CCNC(=O)CNS(=O)(=O)c1ccccc1F. The normalized spacial score (nSPS) is 11.2. The summed E-state index contributed by atoms with van der Waals surface area (Å²) in [7, 11) is -3.99. The van der Waals surface area contributed by atoms with Crippen LogP contribution in [0.15, 0.2) is 29.2 Å². The van der Waals surface area contributed by atoms with E-state index in [-0.39, 0.29) is 0 Å². The van der Waals surface area contributed by atoms with Gasteiger partial charge in [0.1, 0.15) is 10.7 Å². The number of carbonyl (C=O) groups excluding carboxylic acids is 1. The Labute approximate surface area is 99.1 Å². The number of amides is 1. The molecule has 0 aliphatic heterocycles. The van der Waals surface area contributed by atoms with Gasteiger partial charge in [0.25, 0.3) is 0 Å². The zero-order valence-corrected chi connectivity index (χ0v) is 10.1. The first-order chi connectivity index (χ1) is 7.97. The molecule has 0 heterocycles. The Bertz CT molecular complexity index is 502. The summed E-state index contributed by atoms with van der Waals surface area (Å²) in [4.78, 5) is 10.6. The molecule has 1 aromatic rings. The molecule has 0 aliphatic carbocycles. The van der Waals surface area contributed by atoms with Gasteiger partial charge < -0.3 is 5.32 Å². The minimum Gasteiger partial charge on any atom is -0.355 e. The van der Waals surface area contributed by atoms with Crippen molar-refractivity contribution in [3.63, 3.8) is 0 Å². The standard InChI is InChI=1S/C10H13FN2O3S/c1-2-12-10(14)7-13-17(15,16)9-6-4-3-5-8(9)11/h3-6,13H,2,7H2,1H3,(H,12,14). The van der Waals surface area contributed by atoms with Crippen LogP contribution in [-0.2, 0) is 14.8 Å². The summed E-state index contributed by atoms with van der Waals surface area (Å²) in [6.07, 6.45) is 0. The molecule has 1 amide bonds. The highest BCUT2D eigenvalue weighted by Crippen LogP contribution is 2.12. The van der Waals surface area contributed by atoms with Crippen molar-refractivity contribution in [2.45, 2.75) is 11.8 Å². The maximum Gasteiger partial charge on any atom is 0.243 e. The summed E-state index contributed by atoms with van der Waals surface area (Å²) in [5.41, 5.74) is 0. The number of rotatable bonds is 5. The van der Waals surface area contributed by atoms with E-state index in [1.165, 1.54) is 12.1 Å². The highest BCUT2D eigenvalue weighted by molar-refractivity contribution is 7.89. The Balaban J connectivity index is 2.77. The van der Waals surface area contributed by atoms with Crippen LogP contribution in [0.1, 0.15) is 6.92 Å². The first kappa shape index (κ1) is 13.6. The molecule has 0 fully saturated rings. The maximum absolute atomic E-state index is 13.2. The molecule has 0 atom stereocenters.